The van der Waals surface area contributed by atoms with Crippen LogP contribution >= 0.6 is 0 Å². The van der Waals surface area contributed by atoms with Crippen molar-refractivity contribution in [2.75, 3.05) is 0 Å². The molecule has 0 aliphatic heterocycles. The van der Waals surface area contributed by atoms with E-state index in [0.29, 0.717) is 5.39 Å². The van der Waals surface area contributed by atoms with E-state index in [0.717, 1.165) is 11.6 Å². The van der Waals surface area contributed by atoms with Crippen molar-refractivity contribution in [3.05, 3.63) is 42.0 Å². The van der Waals surface area contributed by atoms with Crippen molar-refractivity contribution < 1.29 is 64.3 Å². The van der Waals surface area contributed by atoms with Gasteiger partial charge in [-0.3, -0.25) is 0 Å². The standard InChI is InChI=1S/C11H10BF3N.K/c13-12(14,15)11-6-2-4-9-8(7-16)3-1-5-10(9)11;/h1-6H,7,16H2;/q-1;+1. The Balaban J connectivity index is 0.00000144. The summed E-state index contributed by atoms with van der Waals surface area (Å²) in [5.74, 6) is 0. The van der Waals surface area contributed by atoms with Gasteiger partial charge in [0.1, 0.15) is 0 Å². The molecule has 2 aromatic rings. The second kappa shape index (κ2) is 5.86. The molecule has 0 amide bonds. The first-order valence-electron chi connectivity index (χ1n) is 4.94. The van der Waals surface area contributed by atoms with E-state index >= 15 is 0 Å². The Bertz CT molecular complexity index is 528. The molecule has 84 valence electrons. The van der Waals surface area contributed by atoms with Crippen molar-refractivity contribution >= 4 is 23.2 Å². The zero-order valence-electron chi connectivity index (χ0n) is 9.46. The summed E-state index contributed by atoms with van der Waals surface area (Å²) in [4.78, 5) is 0. The first-order chi connectivity index (χ1) is 7.54. The summed E-state index contributed by atoms with van der Waals surface area (Å²) in [7, 11) is 0. The molecule has 0 unspecified atom stereocenters. The van der Waals surface area contributed by atoms with E-state index in [2.05, 4.69) is 0 Å². The van der Waals surface area contributed by atoms with E-state index in [1.54, 1.807) is 18.2 Å². The fraction of sp³-hybridized carbons (Fsp3) is 0.0909. The maximum Gasteiger partial charge on any atom is 1.00 e. The monoisotopic (exact) mass is 263 g/mol. The van der Waals surface area contributed by atoms with Crippen LogP contribution in [-0.4, -0.2) is 6.98 Å². The number of benzene rings is 2. The Labute approximate surface area is 140 Å². The van der Waals surface area contributed by atoms with E-state index < -0.39 is 12.4 Å². The molecule has 0 radical (unpaired) electrons. The number of rotatable bonds is 2. The van der Waals surface area contributed by atoms with E-state index in [9.17, 15) is 12.9 Å². The molecule has 2 rings (SSSR count). The fourth-order valence-electron chi connectivity index (χ4n) is 1.86. The molecule has 17 heavy (non-hydrogen) atoms. The van der Waals surface area contributed by atoms with Gasteiger partial charge >= 0.3 is 58.4 Å². The quantitative estimate of drug-likeness (QED) is 0.716. The minimum absolute atomic E-state index is 0. The zero-order chi connectivity index (χ0) is 11.8. The van der Waals surface area contributed by atoms with E-state index in [1.165, 1.54) is 12.1 Å². The predicted molar refractivity (Wildman–Crippen MR) is 60.6 cm³/mol. The van der Waals surface area contributed by atoms with Gasteiger partial charge in [-0.1, -0.05) is 36.4 Å². The van der Waals surface area contributed by atoms with Gasteiger partial charge in [-0.15, -0.1) is 5.46 Å². The molecule has 2 N–H and O–H groups in total. The maximum absolute atomic E-state index is 12.8. The van der Waals surface area contributed by atoms with Crippen molar-refractivity contribution in [3.8, 4) is 0 Å². The average molecular weight is 263 g/mol. The molecule has 0 saturated carbocycles. The fourth-order valence-corrected chi connectivity index (χ4v) is 1.86. The van der Waals surface area contributed by atoms with Crippen LogP contribution in [0.4, 0.5) is 12.9 Å². The first-order valence-corrected chi connectivity index (χ1v) is 4.94. The predicted octanol–water partition coefficient (Wildman–Crippen LogP) is -0.643. The van der Waals surface area contributed by atoms with Gasteiger partial charge in [-0.2, -0.15) is 0 Å². The number of hydrogen-bond donors (Lipinski definition) is 1. The van der Waals surface area contributed by atoms with E-state index in [-0.39, 0.29) is 63.3 Å². The molecular formula is C11H10BF3KN. The number of hydrogen-bond acceptors (Lipinski definition) is 1. The molecule has 2 aromatic carbocycles. The first kappa shape index (κ1) is 15.2. The van der Waals surface area contributed by atoms with Gasteiger partial charge in [0.05, 0.1) is 0 Å². The minimum atomic E-state index is -4.98. The van der Waals surface area contributed by atoms with Crippen molar-refractivity contribution in [1.82, 2.24) is 0 Å². The molecule has 0 aliphatic rings. The third-order valence-corrected chi connectivity index (χ3v) is 2.62. The van der Waals surface area contributed by atoms with Crippen LogP contribution in [0.15, 0.2) is 36.4 Å². The van der Waals surface area contributed by atoms with Gasteiger partial charge in [-0.05, 0) is 16.3 Å². The van der Waals surface area contributed by atoms with E-state index in [1.807, 2.05) is 0 Å². The van der Waals surface area contributed by atoms with Gasteiger partial charge in [0.15, 0.2) is 0 Å². The second-order valence-electron chi connectivity index (χ2n) is 3.64. The van der Waals surface area contributed by atoms with Crippen LogP contribution in [0.3, 0.4) is 0 Å². The Morgan fingerprint density at radius 1 is 0.941 bits per heavy atom. The molecule has 0 bridgehead atoms. The second-order valence-corrected chi connectivity index (χ2v) is 3.64. The summed E-state index contributed by atoms with van der Waals surface area (Å²) in [5.41, 5.74) is 5.69. The van der Waals surface area contributed by atoms with Crippen molar-refractivity contribution in [1.29, 1.82) is 0 Å². The molecular weight excluding hydrogens is 253 g/mol. The van der Waals surface area contributed by atoms with Gasteiger partial charge in [0, 0.05) is 6.54 Å². The Morgan fingerprint density at radius 2 is 1.53 bits per heavy atom. The molecule has 0 heterocycles. The summed E-state index contributed by atoms with van der Waals surface area (Å²) in [6.07, 6.45) is 0. The largest absolute Gasteiger partial charge is 1.00 e. The summed E-state index contributed by atoms with van der Waals surface area (Å²) >= 11 is 0. The van der Waals surface area contributed by atoms with Crippen LogP contribution in [-0.2, 0) is 6.54 Å². The van der Waals surface area contributed by atoms with E-state index in [4.69, 9.17) is 5.73 Å². The topological polar surface area (TPSA) is 26.0 Å². The van der Waals surface area contributed by atoms with Gasteiger partial charge in [0.2, 0.25) is 0 Å². The molecule has 0 atom stereocenters. The summed E-state index contributed by atoms with van der Waals surface area (Å²) in [6, 6.07) is 9.04. The van der Waals surface area contributed by atoms with Gasteiger partial charge in [-0.25, -0.2) is 0 Å². The summed E-state index contributed by atoms with van der Waals surface area (Å²) < 4.78 is 38.4. The average Bonchev–Trinajstić information content (AvgIpc) is 2.26. The maximum atomic E-state index is 12.8. The Morgan fingerprint density at radius 3 is 2.12 bits per heavy atom. The van der Waals surface area contributed by atoms with Gasteiger partial charge in [0.25, 0.3) is 0 Å². The van der Waals surface area contributed by atoms with Crippen LogP contribution in [0.1, 0.15) is 5.56 Å². The smallest absolute Gasteiger partial charge is 0.445 e. The minimum Gasteiger partial charge on any atom is -0.445 e. The van der Waals surface area contributed by atoms with Crippen LogP contribution in [0.5, 0.6) is 0 Å². The van der Waals surface area contributed by atoms with Gasteiger partial charge < -0.3 is 18.7 Å². The molecule has 0 spiro atoms. The molecule has 0 fully saturated rings. The zero-order valence-corrected chi connectivity index (χ0v) is 12.6. The van der Waals surface area contributed by atoms with Crippen LogP contribution in [0.2, 0.25) is 0 Å². The van der Waals surface area contributed by atoms with Crippen molar-refractivity contribution in [2.45, 2.75) is 6.54 Å². The summed E-state index contributed by atoms with van der Waals surface area (Å²) in [5, 5.41) is 0.819. The van der Waals surface area contributed by atoms with Crippen LogP contribution in [0.25, 0.3) is 10.8 Å². The van der Waals surface area contributed by atoms with Crippen molar-refractivity contribution in [3.63, 3.8) is 0 Å². The molecule has 1 nitrogen and oxygen atoms in total. The third-order valence-electron chi connectivity index (χ3n) is 2.62. The molecule has 6 heteroatoms. The number of fused-ring (bicyclic) bond motifs is 1. The molecule has 0 saturated heterocycles. The van der Waals surface area contributed by atoms with Crippen LogP contribution in [0, 0.1) is 0 Å². The number of nitrogens with two attached hydrogens (primary N) is 1. The molecule has 0 aliphatic carbocycles. The Kier molecular flexibility index (Phi) is 5.24. The Hall–Kier alpha value is 0.151. The molecule has 0 aromatic heterocycles. The number of halogens is 3. The normalized spacial score (nSPS) is 11.3. The van der Waals surface area contributed by atoms with Crippen LogP contribution < -0.4 is 62.6 Å². The third kappa shape index (κ3) is 3.13. The SMILES string of the molecule is NCc1cccc2c([B-](F)(F)F)cccc12.[K+]. The van der Waals surface area contributed by atoms with Crippen molar-refractivity contribution in [2.24, 2.45) is 5.73 Å². The summed E-state index contributed by atoms with van der Waals surface area (Å²) in [6.45, 7) is -4.74.